The van der Waals surface area contributed by atoms with Gasteiger partial charge in [-0.05, 0) is 66.6 Å². The average molecular weight is 403 g/mol. The maximum atomic E-state index is 13.1. The number of benzene rings is 1. The molecule has 1 aliphatic carbocycles. The van der Waals surface area contributed by atoms with Crippen LogP contribution in [0.2, 0.25) is 0 Å². The van der Waals surface area contributed by atoms with Gasteiger partial charge in [-0.15, -0.1) is 10.2 Å². The van der Waals surface area contributed by atoms with Crippen LogP contribution in [0.25, 0.3) is 10.6 Å². The van der Waals surface area contributed by atoms with Gasteiger partial charge in [0.15, 0.2) is 0 Å². The Hall–Kier alpha value is -0.600. The van der Waals surface area contributed by atoms with Crippen molar-refractivity contribution in [3.05, 3.63) is 32.6 Å². The molecular weight excluding hydrogens is 388 g/mol. The number of hydrogen-bond donors (Lipinski definition) is 1. The summed E-state index contributed by atoms with van der Waals surface area (Å²) in [4.78, 5) is 0. The van der Waals surface area contributed by atoms with Crippen LogP contribution < -0.4 is 5.32 Å². The summed E-state index contributed by atoms with van der Waals surface area (Å²) in [6.07, 6.45) is 4.69. The van der Waals surface area contributed by atoms with E-state index in [4.69, 9.17) is 0 Å². The first-order chi connectivity index (χ1) is 9.72. The van der Waals surface area contributed by atoms with Crippen molar-refractivity contribution in [2.45, 2.75) is 31.7 Å². The third-order valence-corrected chi connectivity index (χ3v) is 5.11. The molecule has 20 heavy (non-hydrogen) atoms. The molecule has 1 aromatic heterocycles. The Kier molecular flexibility index (Phi) is 4.62. The van der Waals surface area contributed by atoms with Crippen LogP contribution in [0.15, 0.2) is 18.2 Å². The molecule has 1 aromatic carbocycles. The normalized spacial score (nSPS) is 14.7. The van der Waals surface area contributed by atoms with E-state index in [1.54, 1.807) is 17.4 Å². The Balaban J connectivity index is 1.60. The highest BCUT2D eigenvalue weighted by atomic mass is 127. The van der Waals surface area contributed by atoms with Crippen LogP contribution in [0.3, 0.4) is 0 Å². The summed E-state index contributed by atoms with van der Waals surface area (Å²) in [5, 5.41) is 13.9. The lowest BCUT2D eigenvalue weighted by Crippen LogP contribution is -2.17. The van der Waals surface area contributed by atoms with E-state index in [9.17, 15) is 4.39 Å². The Morgan fingerprint density at radius 2 is 2.20 bits per heavy atom. The van der Waals surface area contributed by atoms with Crippen LogP contribution >= 0.6 is 33.9 Å². The molecule has 0 aliphatic heterocycles. The highest BCUT2D eigenvalue weighted by molar-refractivity contribution is 14.1. The van der Waals surface area contributed by atoms with Gasteiger partial charge in [-0.25, -0.2) is 4.39 Å². The molecular formula is C14H15FIN3S. The molecule has 0 spiro atoms. The van der Waals surface area contributed by atoms with Gasteiger partial charge in [0.25, 0.3) is 0 Å². The third-order valence-electron chi connectivity index (χ3n) is 3.21. The Labute approximate surface area is 135 Å². The van der Waals surface area contributed by atoms with Gasteiger partial charge < -0.3 is 5.32 Å². The summed E-state index contributed by atoms with van der Waals surface area (Å²) in [7, 11) is 0. The maximum Gasteiger partial charge on any atom is 0.148 e. The third kappa shape index (κ3) is 3.73. The lowest BCUT2D eigenvalue weighted by atomic mass is 10.2. The molecule has 0 unspecified atom stereocenters. The molecule has 2 aromatic rings. The number of hydrogen-bond acceptors (Lipinski definition) is 4. The van der Waals surface area contributed by atoms with Crippen molar-refractivity contribution in [2.75, 3.05) is 6.54 Å². The van der Waals surface area contributed by atoms with Crippen molar-refractivity contribution in [1.82, 2.24) is 15.5 Å². The molecule has 0 bridgehead atoms. The van der Waals surface area contributed by atoms with Gasteiger partial charge in [0.2, 0.25) is 0 Å². The van der Waals surface area contributed by atoms with Gasteiger partial charge in [-0.1, -0.05) is 11.3 Å². The van der Waals surface area contributed by atoms with Crippen molar-refractivity contribution in [2.24, 2.45) is 0 Å². The zero-order valence-corrected chi connectivity index (χ0v) is 13.9. The van der Waals surface area contributed by atoms with Crippen LogP contribution in [0, 0.1) is 9.39 Å². The number of nitrogens with one attached hydrogen (secondary N) is 1. The zero-order chi connectivity index (χ0) is 13.9. The first-order valence-electron chi connectivity index (χ1n) is 6.73. The minimum absolute atomic E-state index is 0.214. The highest BCUT2D eigenvalue weighted by Crippen LogP contribution is 2.29. The second kappa shape index (κ2) is 6.44. The van der Waals surface area contributed by atoms with E-state index in [1.165, 1.54) is 25.0 Å². The van der Waals surface area contributed by atoms with E-state index in [1.807, 2.05) is 0 Å². The summed E-state index contributed by atoms with van der Waals surface area (Å²) >= 11 is 3.74. The largest absolute Gasteiger partial charge is 0.314 e. The molecule has 0 radical (unpaired) electrons. The Morgan fingerprint density at radius 3 is 2.95 bits per heavy atom. The second-order valence-corrected chi connectivity index (χ2v) is 7.18. The number of aryl methyl sites for hydroxylation is 1. The highest BCUT2D eigenvalue weighted by Gasteiger charge is 2.19. The van der Waals surface area contributed by atoms with Gasteiger partial charge in [0, 0.05) is 21.6 Å². The predicted molar refractivity (Wildman–Crippen MR) is 87.4 cm³/mol. The van der Waals surface area contributed by atoms with E-state index in [-0.39, 0.29) is 5.82 Å². The lowest BCUT2D eigenvalue weighted by Gasteiger charge is -2.00. The van der Waals surface area contributed by atoms with Crippen molar-refractivity contribution in [3.63, 3.8) is 0 Å². The van der Waals surface area contributed by atoms with Crippen LogP contribution in [0.5, 0.6) is 0 Å². The molecule has 1 heterocycles. The smallest absolute Gasteiger partial charge is 0.148 e. The van der Waals surface area contributed by atoms with Gasteiger partial charge in [-0.3, -0.25) is 0 Å². The van der Waals surface area contributed by atoms with Crippen LogP contribution in [-0.4, -0.2) is 22.8 Å². The van der Waals surface area contributed by atoms with Gasteiger partial charge >= 0.3 is 0 Å². The van der Waals surface area contributed by atoms with Crippen molar-refractivity contribution in [1.29, 1.82) is 0 Å². The molecule has 1 aliphatic rings. The molecule has 0 atom stereocenters. The van der Waals surface area contributed by atoms with Gasteiger partial charge in [-0.2, -0.15) is 0 Å². The van der Waals surface area contributed by atoms with E-state index in [0.29, 0.717) is 0 Å². The van der Waals surface area contributed by atoms with Crippen LogP contribution in [0.1, 0.15) is 24.3 Å². The molecule has 1 N–H and O–H groups in total. The number of nitrogens with zero attached hydrogens (tertiary/aromatic N) is 2. The Bertz CT molecular complexity index is 598. The first kappa shape index (κ1) is 14.3. The monoisotopic (exact) mass is 403 g/mol. The molecule has 106 valence electrons. The fourth-order valence-corrected chi connectivity index (χ4v) is 3.80. The summed E-state index contributed by atoms with van der Waals surface area (Å²) in [6, 6.07) is 5.53. The number of aromatic nitrogens is 2. The quantitative estimate of drug-likeness (QED) is 0.592. The minimum atomic E-state index is -0.214. The Morgan fingerprint density at radius 1 is 1.35 bits per heavy atom. The summed E-state index contributed by atoms with van der Waals surface area (Å²) < 4.78 is 14.0. The average Bonchev–Trinajstić information content (AvgIpc) is 3.13. The number of rotatable bonds is 6. The van der Waals surface area contributed by atoms with E-state index < -0.39 is 0 Å². The fraction of sp³-hybridized carbons (Fsp3) is 0.429. The van der Waals surface area contributed by atoms with Gasteiger partial charge in [0.1, 0.15) is 15.8 Å². The number of halogens is 2. The van der Waals surface area contributed by atoms with Crippen molar-refractivity contribution in [3.8, 4) is 10.6 Å². The van der Waals surface area contributed by atoms with E-state index in [0.717, 1.165) is 44.6 Å². The molecule has 3 rings (SSSR count). The lowest BCUT2D eigenvalue weighted by molar-refractivity contribution is 0.627. The van der Waals surface area contributed by atoms with E-state index >= 15 is 0 Å². The maximum absolute atomic E-state index is 13.1. The summed E-state index contributed by atoms with van der Waals surface area (Å²) in [5.41, 5.74) is 0.965. The van der Waals surface area contributed by atoms with Crippen molar-refractivity contribution >= 4 is 33.9 Å². The molecule has 6 heteroatoms. The van der Waals surface area contributed by atoms with Crippen LogP contribution in [-0.2, 0) is 6.42 Å². The summed E-state index contributed by atoms with van der Waals surface area (Å²) in [5.74, 6) is -0.214. The molecule has 0 saturated heterocycles. The summed E-state index contributed by atoms with van der Waals surface area (Å²) in [6.45, 7) is 1.05. The standard InChI is InChI=1S/C14H15FIN3S/c15-9-3-6-11(12(16)8-9)14-19-18-13(20-14)2-1-7-17-10-4-5-10/h3,6,8,10,17H,1-2,4-5,7H2. The minimum Gasteiger partial charge on any atom is -0.314 e. The van der Waals surface area contributed by atoms with E-state index in [2.05, 4.69) is 38.1 Å². The molecule has 1 fully saturated rings. The van der Waals surface area contributed by atoms with Crippen LogP contribution in [0.4, 0.5) is 4.39 Å². The fourth-order valence-electron chi connectivity index (χ4n) is 1.96. The predicted octanol–water partition coefficient (Wildman–Crippen LogP) is 3.63. The molecule has 0 amide bonds. The molecule has 3 nitrogen and oxygen atoms in total. The zero-order valence-electron chi connectivity index (χ0n) is 10.9. The first-order valence-corrected chi connectivity index (χ1v) is 8.63. The molecule has 1 saturated carbocycles. The second-order valence-electron chi connectivity index (χ2n) is 4.96. The topological polar surface area (TPSA) is 37.8 Å². The van der Waals surface area contributed by atoms with Gasteiger partial charge in [0.05, 0.1) is 0 Å². The SMILES string of the molecule is Fc1ccc(-c2nnc(CCCNC3CC3)s2)c(I)c1. The van der Waals surface area contributed by atoms with Crippen molar-refractivity contribution < 1.29 is 4.39 Å².